The Balaban J connectivity index is 1.32. The first kappa shape index (κ1) is 12.9. The number of hydrogen-bond acceptors (Lipinski definition) is 7. The molecule has 1 saturated heterocycles. The van der Waals surface area contributed by atoms with Crippen molar-refractivity contribution in [2.75, 3.05) is 29.9 Å². The minimum absolute atomic E-state index is 0.573. The summed E-state index contributed by atoms with van der Waals surface area (Å²) in [7, 11) is 0. The highest BCUT2D eigenvalue weighted by Gasteiger charge is 2.28. The Morgan fingerprint density at radius 1 is 1.23 bits per heavy atom. The van der Waals surface area contributed by atoms with E-state index in [1.165, 1.54) is 0 Å². The van der Waals surface area contributed by atoms with Crippen LogP contribution in [0.15, 0.2) is 30.9 Å². The Bertz CT molecular complexity index is 775. The molecule has 1 aliphatic rings. The third-order valence-corrected chi connectivity index (χ3v) is 3.76. The van der Waals surface area contributed by atoms with E-state index in [0.29, 0.717) is 11.9 Å². The van der Waals surface area contributed by atoms with Crippen molar-refractivity contribution in [2.24, 2.45) is 5.92 Å². The van der Waals surface area contributed by atoms with Gasteiger partial charge < -0.3 is 10.2 Å². The number of aromatic nitrogens is 6. The first-order chi connectivity index (χ1) is 10.8. The molecule has 4 rings (SSSR count). The summed E-state index contributed by atoms with van der Waals surface area (Å²) in [6.07, 6.45) is 5.26. The highest BCUT2D eigenvalue weighted by Crippen LogP contribution is 2.22. The molecule has 0 atom stereocenters. The molecule has 112 valence electrons. The number of fused-ring (bicyclic) bond motifs is 1. The van der Waals surface area contributed by atoms with Crippen molar-refractivity contribution < 1.29 is 0 Å². The van der Waals surface area contributed by atoms with Crippen LogP contribution in [-0.4, -0.2) is 49.4 Å². The Hall–Kier alpha value is -2.77. The van der Waals surface area contributed by atoms with Crippen LogP contribution in [-0.2, 0) is 0 Å². The second-order valence-electron chi connectivity index (χ2n) is 5.56. The van der Waals surface area contributed by atoms with E-state index in [1.54, 1.807) is 10.8 Å². The molecule has 0 bridgehead atoms. The third-order valence-electron chi connectivity index (χ3n) is 3.76. The predicted octanol–water partition coefficient (Wildman–Crippen LogP) is 0.771. The maximum absolute atomic E-state index is 4.49. The standard InChI is InChI=1S/C14H16N8/c1-10-4-15-14(16-5-10)17-6-11-7-21(8-11)13-3-2-12-19-18-9-22(12)20-13/h2-5,9,11H,6-8H2,1H3,(H,15,16,17). The highest BCUT2D eigenvalue weighted by molar-refractivity contribution is 5.47. The van der Waals surface area contributed by atoms with E-state index in [-0.39, 0.29) is 0 Å². The third kappa shape index (κ3) is 2.43. The number of rotatable bonds is 4. The van der Waals surface area contributed by atoms with Crippen molar-refractivity contribution in [1.29, 1.82) is 0 Å². The van der Waals surface area contributed by atoms with Gasteiger partial charge in [0.05, 0.1) is 0 Å². The van der Waals surface area contributed by atoms with E-state index in [9.17, 15) is 0 Å². The fraction of sp³-hybridized carbons (Fsp3) is 0.357. The summed E-state index contributed by atoms with van der Waals surface area (Å²) in [4.78, 5) is 10.7. The van der Waals surface area contributed by atoms with Crippen LogP contribution >= 0.6 is 0 Å². The maximum atomic E-state index is 4.49. The van der Waals surface area contributed by atoms with Gasteiger partial charge in [-0.2, -0.15) is 4.52 Å². The molecule has 0 radical (unpaired) electrons. The molecule has 0 aliphatic carbocycles. The van der Waals surface area contributed by atoms with Crippen LogP contribution in [0.5, 0.6) is 0 Å². The molecule has 3 aromatic heterocycles. The summed E-state index contributed by atoms with van der Waals surface area (Å²) in [6, 6.07) is 3.91. The van der Waals surface area contributed by atoms with Gasteiger partial charge in [-0.05, 0) is 24.6 Å². The SMILES string of the molecule is Cc1cnc(NCC2CN(c3ccc4nncn4n3)C2)nc1. The topological polar surface area (TPSA) is 84.1 Å². The Morgan fingerprint density at radius 2 is 2.05 bits per heavy atom. The van der Waals surface area contributed by atoms with Gasteiger partial charge in [-0.25, -0.2) is 9.97 Å². The summed E-state index contributed by atoms with van der Waals surface area (Å²) < 4.78 is 1.70. The zero-order chi connectivity index (χ0) is 14.9. The van der Waals surface area contributed by atoms with Crippen LogP contribution in [0.1, 0.15) is 5.56 Å². The molecule has 4 heterocycles. The van der Waals surface area contributed by atoms with Crippen molar-refractivity contribution in [3.05, 3.63) is 36.4 Å². The van der Waals surface area contributed by atoms with Gasteiger partial charge in [-0.1, -0.05) is 0 Å². The van der Waals surface area contributed by atoms with Crippen LogP contribution < -0.4 is 10.2 Å². The molecular formula is C14H16N8. The highest BCUT2D eigenvalue weighted by atomic mass is 15.4. The monoisotopic (exact) mass is 296 g/mol. The average Bonchev–Trinajstić information content (AvgIpc) is 2.95. The fourth-order valence-corrected chi connectivity index (χ4v) is 2.49. The van der Waals surface area contributed by atoms with Gasteiger partial charge in [0.1, 0.15) is 12.1 Å². The van der Waals surface area contributed by atoms with Crippen molar-refractivity contribution >= 4 is 17.4 Å². The Kier molecular flexibility index (Phi) is 3.06. The molecule has 8 nitrogen and oxygen atoms in total. The van der Waals surface area contributed by atoms with E-state index in [2.05, 4.69) is 35.5 Å². The molecule has 22 heavy (non-hydrogen) atoms. The van der Waals surface area contributed by atoms with Crippen molar-refractivity contribution in [3.63, 3.8) is 0 Å². The summed E-state index contributed by atoms with van der Waals surface area (Å²) in [5.74, 6) is 2.21. The maximum Gasteiger partial charge on any atom is 0.222 e. The number of anilines is 2. The number of hydrogen-bond donors (Lipinski definition) is 1. The van der Waals surface area contributed by atoms with Crippen LogP contribution in [0.2, 0.25) is 0 Å². The minimum atomic E-state index is 0.573. The first-order valence-corrected chi connectivity index (χ1v) is 7.22. The Morgan fingerprint density at radius 3 is 2.86 bits per heavy atom. The van der Waals surface area contributed by atoms with Crippen molar-refractivity contribution in [1.82, 2.24) is 29.8 Å². The van der Waals surface area contributed by atoms with Gasteiger partial charge in [0.25, 0.3) is 0 Å². The van der Waals surface area contributed by atoms with Gasteiger partial charge in [0.2, 0.25) is 5.95 Å². The van der Waals surface area contributed by atoms with Gasteiger partial charge in [-0.15, -0.1) is 15.3 Å². The van der Waals surface area contributed by atoms with Crippen LogP contribution in [0.3, 0.4) is 0 Å². The quantitative estimate of drug-likeness (QED) is 0.761. The molecule has 1 N–H and O–H groups in total. The summed E-state index contributed by atoms with van der Waals surface area (Å²) in [5.41, 5.74) is 1.83. The second-order valence-corrected chi connectivity index (χ2v) is 5.56. The summed E-state index contributed by atoms with van der Waals surface area (Å²) in [6.45, 7) is 4.79. The molecule has 8 heteroatoms. The first-order valence-electron chi connectivity index (χ1n) is 7.22. The number of nitrogens with one attached hydrogen (secondary N) is 1. The van der Waals surface area contributed by atoms with E-state index < -0.39 is 0 Å². The van der Waals surface area contributed by atoms with Gasteiger partial charge in [0, 0.05) is 37.9 Å². The molecule has 0 unspecified atom stereocenters. The van der Waals surface area contributed by atoms with Crippen LogP contribution in [0.25, 0.3) is 5.65 Å². The average molecular weight is 296 g/mol. The minimum Gasteiger partial charge on any atom is -0.354 e. The smallest absolute Gasteiger partial charge is 0.222 e. The van der Waals surface area contributed by atoms with Crippen molar-refractivity contribution in [3.8, 4) is 0 Å². The zero-order valence-electron chi connectivity index (χ0n) is 12.2. The molecular weight excluding hydrogens is 280 g/mol. The molecule has 1 fully saturated rings. The lowest BCUT2D eigenvalue weighted by atomic mass is 10.0. The van der Waals surface area contributed by atoms with E-state index in [4.69, 9.17) is 0 Å². The Labute approximate surface area is 127 Å². The van der Waals surface area contributed by atoms with Gasteiger partial charge in [0.15, 0.2) is 5.65 Å². The molecule has 0 aromatic carbocycles. The fourth-order valence-electron chi connectivity index (χ4n) is 2.49. The normalized spacial score (nSPS) is 15.0. The summed E-state index contributed by atoms with van der Waals surface area (Å²) >= 11 is 0. The molecule has 1 aliphatic heterocycles. The molecule has 0 spiro atoms. The number of aryl methyl sites for hydroxylation is 1. The molecule has 3 aromatic rings. The van der Waals surface area contributed by atoms with E-state index >= 15 is 0 Å². The van der Waals surface area contributed by atoms with E-state index in [0.717, 1.165) is 36.7 Å². The summed E-state index contributed by atoms with van der Waals surface area (Å²) in [5, 5.41) is 15.6. The van der Waals surface area contributed by atoms with Gasteiger partial charge >= 0.3 is 0 Å². The lowest BCUT2D eigenvalue weighted by Gasteiger charge is -2.40. The van der Waals surface area contributed by atoms with Gasteiger partial charge in [-0.3, -0.25) is 0 Å². The number of nitrogens with zero attached hydrogens (tertiary/aromatic N) is 7. The zero-order valence-corrected chi connectivity index (χ0v) is 12.2. The molecule has 0 amide bonds. The predicted molar refractivity (Wildman–Crippen MR) is 81.7 cm³/mol. The second kappa shape index (κ2) is 5.21. The largest absolute Gasteiger partial charge is 0.354 e. The van der Waals surface area contributed by atoms with E-state index in [1.807, 2.05) is 31.5 Å². The van der Waals surface area contributed by atoms with Crippen molar-refractivity contribution in [2.45, 2.75) is 6.92 Å². The molecule has 0 saturated carbocycles. The van der Waals surface area contributed by atoms with Crippen LogP contribution in [0, 0.1) is 12.8 Å². The lowest BCUT2D eigenvalue weighted by molar-refractivity contribution is 0.424. The van der Waals surface area contributed by atoms with Crippen LogP contribution in [0.4, 0.5) is 11.8 Å². The lowest BCUT2D eigenvalue weighted by Crippen LogP contribution is -2.50.